The van der Waals surface area contributed by atoms with Crippen molar-refractivity contribution in [1.82, 2.24) is 4.98 Å². The number of nitrogens with zero attached hydrogens (tertiary/aromatic N) is 1. The molecule has 0 aliphatic heterocycles. The van der Waals surface area contributed by atoms with E-state index in [9.17, 15) is 0 Å². The molecule has 1 heterocycles. The average Bonchev–Trinajstić information content (AvgIpc) is 2.25. The second-order valence-corrected chi connectivity index (χ2v) is 3.82. The van der Waals surface area contributed by atoms with E-state index in [0.717, 1.165) is 12.8 Å². The Balaban J connectivity index is 2.29. The van der Waals surface area contributed by atoms with Gasteiger partial charge < -0.3 is 0 Å². The van der Waals surface area contributed by atoms with Crippen LogP contribution in [0.3, 0.4) is 0 Å². The summed E-state index contributed by atoms with van der Waals surface area (Å²) >= 11 is 0. The smallest absolute Gasteiger partial charge is 0.0403 e. The quantitative estimate of drug-likeness (QED) is 0.624. The van der Waals surface area contributed by atoms with Crippen LogP contribution in [0, 0.1) is 0 Å². The zero-order chi connectivity index (χ0) is 10.2. The van der Waals surface area contributed by atoms with E-state index < -0.39 is 0 Å². The van der Waals surface area contributed by atoms with Crippen LogP contribution in [0.4, 0.5) is 0 Å². The normalized spacial score (nSPS) is 10.4. The van der Waals surface area contributed by atoms with E-state index >= 15 is 0 Å². The zero-order valence-electron chi connectivity index (χ0n) is 9.42. The van der Waals surface area contributed by atoms with E-state index in [1.54, 1.807) is 0 Å². The molecule has 0 bridgehead atoms. The van der Waals surface area contributed by atoms with Gasteiger partial charge in [0.15, 0.2) is 0 Å². The first-order valence-corrected chi connectivity index (χ1v) is 5.80. The molecule has 0 fully saturated rings. The maximum Gasteiger partial charge on any atom is 0.0403 e. The van der Waals surface area contributed by atoms with Gasteiger partial charge in [-0.05, 0) is 30.9 Å². The van der Waals surface area contributed by atoms with Gasteiger partial charge in [0.1, 0.15) is 0 Å². The van der Waals surface area contributed by atoms with Crippen molar-refractivity contribution in [2.75, 3.05) is 0 Å². The lowest BCUT2D eigenvalue weighted by molar-refractivity contribution is 0.660. The molecule has 0 aromatic carbocycles. The van der Waals surface area contributed by atoms with Crippen LogP contribution in [0.25, 0.3) is 0 Å². The standard InChI is InChI=1S/C13H21N/c1-3-5-6-7-8-13-10-9-12(4-2)11-14-13/h9-11H,3-8H2,1-2H3. The van der Waals surface area contributed by atoms with Crippen molar-refractivity contribution >= 4 is 0 Å². The van der Waals surface area contributed by atoms with Crippen LogP contribution >= 0.6 is 0 Å². The molecule has 1 heteroatoms. The summed E-state index contributed by atoms with van der Waals surface area (Å²) in [6, 6.07) is 4.37. The molecule has 1 rings (SSSR count). The molecule has 0 spiro atoms. The summed E-state index contributed by atoms with van der Waals surface area (Å²) in [6.45, 7) is 4.41. The summed E-state index contributed by atoms with van der Waals surface area (Å²) in [7, 11) is 0. The van der Waals surface area contributed by atoms with Gasteiger partial charge in [-0.2, -0.15) is 0 Å². The topological polar surface area (TPSA) is 12.9 Å². The van der Waals surface area contributed by atoms with E-state index in [1.807, 2.05) is 6.20 Å². The fourth-order valence-electron chi connectivity index (χ4n) is 1.55. The number of rotatable bonds is 6. The van der Waals surface area contributed by atoms with Crippen molar-refractivity contribution in [1.29, 1.82) is 0 Å². The van der Waals surface area contributed by atoms with Gasteiger partial charge in [-0.1, -0.05) is 39.2 Å². The Kier molecular flexibility index (Phi) is 5.28. The molecule has 0 radical (unpaired) electrons. The molecular weight excluding hydrogens is 170 g/mol. The van der Waals surface area contributed by atoms with Gasteiger partial charge in [0.25, 0.3) is 0 Å². The Morgan fingerprint density at radius 3 is 2.50 bits per heavy atom. The fraction of sp³-hybridized carbons (Fsp3) is 0.615. The summed E-state index contributed by atoms with van der Waals surface area (Å²) < 4.78 is 0. The Morgan fingerprint density at radius 1 is 1.07 bits per heavy atom. The van der Waals surface area contributed by atoms with Crippen LogP contribution in [0.15, 0.2) is 18.3 Å². The highest BCUT2D eigenvalue weighted by Crippen LogP contribution is 2.07. The Bertz CT molecular complexity index is 238. The SMILES string of the molecule is CCCCCCc1ccc(CC)cn1. The minimum absolute atomic E-state index is 1.09. The Hall–Kier alpha value is -0.850. The molecule has 78 valence electrons. The number of hydrogen-bond donors (Lipinski definition) is 0. The second-order valence-electron chi connectivity index (χ2n) is 3.82. The lowest BCUT2D eigenvalue weighted by atomic mass is 10.1. The minimum atomic E-state index is 1.09. The first kappa shape index (κ1) is 11.2. The highest BCUT2D eigenvalue weighted by Gasteiger charge is 1.95. The summed E-state index contributed by atoms with van der Waals surface area (Å²) in [5.41, 5.74) is 2.58. The molecule has 1 nitrogen and oxygen atoms in total. The third kappa shape index (κ3) is 3.91. The number of hydrogen-bond acceptors (Lipinski definition) is 1. The summed E-state index contributed by atoms with van der Waals surface area (Å²) in [5.74, 6) is 0. The van der Waals surface area contributed by atoms with Gasteiger partial charge in [-0.25, -0.2) is 0 Å². The number of pyridine rings is 1. The zero-order valence-corrected chi connectivity index (χ0v) is 9.42. The lowest BCUT2D eigenvalue weighted by Crippen LogP contribution is -1.91. The van der Waals surface area contributed by atoms with Crippen molar-refractivity contribution in [2.45, 2.75) is 52.4 Å². The molecule has 0 atom stereocenters. The fourth-order valence-corrected chi connectivity index (χ4v) is 1.55. The minimum Gasteiger partial charge on any atom is -0.261 e. The van der Waals surface area contributed by atoms with Crippen LogP contribution in [0.2, 0.25) is 0 Å². The van der Waals surface area contributed by atoms with Crippen LogP contribution in [0.1, 0.15) is 50.8 Å². The van der Waals surface area contributed by atoms with Gasteiger partial charge in [-0.15, -0.1) is 0 Å². The summed E-state index contributed by atoms with van der Waals surface area (Å²) in [5, 5.41) is 0. The number of aryl methyl sites for hydroxylation is 2. The molecule has 1 aromatic rings. The van der Waals surface area contributed by atoms with Gasteiger partial charge >= 0.3 is 0 Å². The summed E-state index contributed by atoms with van der Waals surface area (Å²) in [6.07, 6.45) is 9.53. The molecule has 1 aromatic heterocycles. The average molecular weight is 191 g/mol. The summed E-state index contributed by atoms with van der Waals surface area (Å²) in [4.78, 5) is 4.45. The van der Waals surface area contributed by atoms with Crippen LogP contribution < -0.4 is 0 Å². The maximum atomic E-state index is 4.45. The third-order valence-corrected chi connectivity index (χ3v) is 2.58. The second kappa shape index (κ2) is 6.58. The highest BCUT2D eigenvalue weighted by molar-refractivity contribution is 5.13. The van der Waals surface area contributed by atoms with Crippen molar-refractivity contribution in [3.05, 3.63) is 29.6 Å². The predicted octanol–water partition coefficient (Wildman–Crippen LogP) is 3.77. The van der Waals surface area contributed by atoms with E-state index in [2.05, 4.69) is 31.0 Å². The van der Waals surface area contributed by atoms with Gasteiger partial charge in [0.05, 0.1) is 0 Å². The number of aromatic nitrogens is 1. The molecule has 0 aliphatic rings. The Morgan fingerprint density at radius 2 is 1.93 bits per heavy atom. The van der Waals surface area contributed by atoms with Crippen LogP contribution in [-0.4, -0.2) is 4.98 Å². The van der Waals surface area contributed by atoms with Crippen molar-refractivity contribution in [3.8, 4) is 0 Å². The van der Waals surface area contributed by atoms with Crippen molar-refractivity contribution in [3.63, 3.8) is 0 Å². The van der Waals surface area contributed by atoms with Crippen LogP contribution in [-0.2, 0) is 12.8 Å². The molecule has 0 N–H and O–H groups in total. The lowest BCUT2D eigenvalue weighted by Gasteiger charge is -2.01. The van der Waals surface area contributed by atoms with E-state index in [1.165, 1.54) is 36.9 Å². The van der Waals surface area contributed by atoms with Crippen LogP contribution in [0.5, 0.6) is 0 Å². The van der Waals surface area contributed by atoms with E-state index in [-0.39, 0.29) is 0 Å². The van der Waals surface area contributed by atoms with E-state index in [4.69, 9.17) is 0 Å². The molecule has 0 saturated heterocycles. The third-order valence-electron chi connectivity index (χ3n) is 2.58. The molecule has 0 saturated carbocycles. The molecular formula is C13H21N. The first-order valence-electron chi connectivity index (χ1n) is 5.80. The molecule has 0 aliphatic carbocycles. The van der Waals surface area contributed by atoms with Gasteiger partial charge in [0.2, 0.25) is 0 Å². The Labute approximate surface area is 87.6 Å². The van der Waals surface area contributed by atoms with Gasteiger partial charge in [0, 0.05) is 11.9 Å². The van der Waals surface area contributed by atoms with Gasteiger partial charge in [-0.3, -0.25) is 4.98 Å². The highest BCUT2D eigenvalue weighted by atomic mass is 14.7. The maximum absolute atomic E-state index is 4.45. The van der Waals surface area contributed by atoms with Crippen molar-refractivity contribution in [2.24, 2.45) is 0 Å². The molecule has 14 heavy (non-hydrogen) atoms. The van der Waals surface area contributed by atoms with E-state index in [0.29, 0.717) is 0 Å². The monoisotopic (exact) mass is 191 g/mol. The predicted molar refractivity (Wildman–Crippen MR) is 61.5 cm³/mol. The molecule has 0 unspecified atom stereocenters. The molecule has 0 amide bonds. The largest absolute Gasteiger partial charge is 0.261 e. The number of unbranched alkanes of at least 4 members (excludes halogenated alkanes) is 3. The first-order chi connectivity index (χ1) is 6.86. The van der Waals surface area contributed by atoms with Crippen molar-refractivity contribution < 1.29 is 0 Å².